The molecule has 4 rings (SSSR count). The highest BCUT2D eigenvalue weighted by atomic mass is 32.2. The van der Waals surface area contributed by atoms with E-state index >= 15 is 0 Å². The van der Waals surface area contributed by atoms with Gasteiger partial charge in [0, 0.05) is 45.3 Å². The van der Waals surface area contributed by atoms with Gasteiger partial charge in [-0.3, -0.25) is 4.79 Å². The lowest BCUT2D eigenvalue weighted by Crippen LogP contribution is -2.49. The highest BCUT2D eigenvalue weighted by Crippen LogP contribution is 2.34. The van der Waals surface area contributed by atoms with Gasteiger partial charge in [-0.05, 0) is 49.1 Å². The van der Waals surface area contributed by atoms with Gasteiger partial charge in [-0.1, -0.05) is 6.92 Å². The number of anilines is 1. The Morgan fingerprint density at radius 2 is 1.61 bits per heavy atom. The van der Waals surface area contributed by atoms with Crippen LogP contribution in [-0.2, 0) is 10.0 Å². The van der Waals surface area contributed by atoms with Crippen molar-refractivity contribution in [1.29, 1.82) is 0 Å². The number of carbonyl (C=O) groups is 1. The van der Waals surface area contributed by atoms with Crippen LogP contribution in [0.4, 0.5) is 5.69 Å². The zero-order valence-electron chi connectivity index (χ0n) is 21.4. The minimum Gasteiger partial charge on any atom is -0.497 e. The Morgan fingerprint density at radius 1 is 0.889 bits per heavy atom. The molecule has 9 nitrogen and oxygen atoms in total. The molecule has 2 fully saturated rings. The van der Waals surface area contributed by atoms with Crippen molar-refractivity contribution >= 4 is 21.6 Å². The van der Waals surface area contributed by atoms with Crippen LogP contribution in [0.3, 0.4) is 0 Å². The fourth-order valence-electron chi connectivity index (χ4n) is 4.89. The third-order valence-electron chi connectivity index (χ3n) is 6.95. The van der Waals surface area contributed by atoms with Crippen molar-refractivity contribution < 1.29 is 27.4 Å². The maximum Gasteiger partial charge on any atom is 0.257 e. The predicted molar refractivity (Wildman–Crippen MR) is 138 cm³/mol. The minimum absolute atomic E-state index is 0.114. The number of methoxy groups -OCH3 is 3. The van der Waals surface area contributed by atoms with E-state index in [9.17, 15) is 13.2 Å². The monoisotopic (exact) mass is 517 g/mol. The Balaban J connectivity index is 1.51. The molecule has 36 heavy (non-hydrogen) atoms. The SMILES string of the molecule is COc1ccc(C(=O)N2CCN(c3cc(S(=O)(=O)N4CCCC(C)C4)ccc3OC)CC2)c(OC)c1. The first-order valence-corrected chi connectivity index (χ1v) is 13.7. The molecule has 1 amide bonds. The van der Waals surface area contributed by atoms with Crippen LogP contribution in [0.25, 0.3) is 0 Å². The molecule has 0 spiro atoms. The molecule has 0 aromatic heterocycles. The summed E-state index contributed by atoms with van der Waals surface area (Å²) in [5.41, 5.74) is 1.20. The number of ether oxygens (including phenoxy) is 3. The summed E-state index contributed by atoms with van der Waals surface area (Å²) in [5.74, 6) is 1.93. The number of sulfonamides is 1. The fourth-order valence-corrected chi connectivity index (χ4v) is 6.51. The maximum atomic E-state index is 13.4. The molecule has 2 aromatic rings. The molecule has 0 N–H and O–H groups in total. The van der Waals surface area contributed by atoms with E-state index in [0.717, 1.165) is 18.5 Å². The number of hydrogen-bond acceptors (Lipinski definition) is 7. The Hall–Kier alpha value is -2.98. The van der Waals surface area contributed by atoms with E-state index in [-0.39, 0.29) is 10.8 Å². The van der Waals surface area contributed by atoms with Gasteiger partial charge in [0.15, 0.2) is 0 Å². The molecule has 2 aliphatic rings. The van der Waals surface area contributed by atoms with Crippen molar-refractivity contribution in [2.45, 2.75) is 24.7 Å². The second-order valence-electron chi connectivity index (χ2n) is 9.29. The molecule has 0 aliphatic carbocycles. The summed E-state index contributed by atoms with van der Waals surface area (Å²) < 4.78 is 44.5. The Bertz CT molecular complexity index is 1190. The van der Waals surface area contributed by atoms with Gasteiger partial charge in [-0.2, -0.15) is 4.31 Å². The van der Waals surface area contributed by atoms with Gasteiger partial charge in [-0.25, -0.2) is 8.42 Å². The van der Waals surface area contributed by atoms with Crippen molar-refractivity contribution in [3.63, 3.8) is 0 Å². The Morgan fingerprint density at radius 3 is 2.25 bits per heavy atom. The van der Waals surface area contributed by atoms with E-state index in [1.807, 2.05) is 0 Å². The molecule has 2 heterocycles. The topological polar surface area (TPSA) is 88.6 Å². The Kier molecular flexibility index (Phi) is 7.94. The first-order chi connectivity index (χ1) is 17.3. The number of amides is 1. The maximum absolute atomic E-state index is 13.4. The van der Waals surface area contributed by atoms with Gasteiger partial charge in [0.25, 0.3) is 5.91 Å². The van der Waals surface area contributed by atoms with Crippen molar-refractivity contribution in [1.82, 2.24) is 9.21 Å². The fraction of sp³-hybridized carbons (Fsp3) is 0.500. The van der Waals surface area contributed by atoms with E-state index in [2.05, 4.69) is 11.8 Å². The molecule has 1 atom stereocenters. The van der Waals surface area contributed by atoms with Gasteiger partial charge in [-0.15, -0.1) is 0 Å². The molecule has 10 heteroatoms. The Labute approximate surface area is 213 Å². The molecule has 2 saturated heterocycles. The van der Waals surface area contributed by atoms with Crippen LogP contribution < -0.4 is 19.1 Å². The van der Waals surface area contributed by atoms with Crippen LogP contribution in [-0.4, -0.2) is 84.1 Å². The number of rotatable bonds is 7. The third kappa shape index (κ3) is 5.24. The smallest absolute Gasteiger partial charge is 0.257 e. The zero-order valence-corrected chi connectivity index (χ0v) is 22.2. The average Bonchev–Trinajstić information content (AvgIpc) is 2.92. The van der Waals surface area contributed by atoms with Gasteiger partial charge in [0.1, 0.15) is 17.2 Å². The van der Waals surface area contributed by atoms with Gasteiger partial charge >= 0.3 is 0 Å². The number of carbonyl (C=O) groups excluding carboxylic acids is 1. The van der Waals surface area contributed by atoms with E-state index in [1.54, 1.807) is 59.8 Å². The van der Waals surface area contributed by atoms with E-state index in [4.69, 9.17) is 14.2 Å². The van der Waals surface area contributed by atoms with E-state index < -0.39 is 10.0 Å². The normalized spacial score (nSPS) is 19.2. The molecule has 196 valence electrons. The van der Waals surface area contributed by atoms with Gasteiger partial charge in [0.05, 0.1) is 37.5 Å². The molecule has 2 aromatic carbocycles. The first-order valence-electron chi connectivity index (χ1n) is 12.2. The standard InChI is InChI=1S/C26H35N3O6S/c1-19-6-5-11-29(18-19)36(31,32)21-8-10-24(34-3)23(17-21)27-12-14-28(15-13-27)26(30)22-9-7-20(33-2)16-25(22)35-4/h7-10,16-17,19H,5-6,11-15,18H2,1-4H3. The third-order valence-corrected chi connectivity index (χ3v) is 8.82. The summed E-state index contributed by atoms with van der Waals surface area (Å²) in [7, 11) is 1.08. The van der Waals surface area contributed by atoms with Crippen LogP contribution >= 0.6 is 0 Å². The van der Waals surface area contributed by atoms with Crippen LogP contribution in [0, 0.1) is 5.92 Å². The predicted octanol–water partition coefficient (Wildman–Crippen LogP) is 3.10. The van der Waals surface area contributed by atoms with Crippen molar-refractivity contribution in [2.75, 3.05) is 65.5 Å². The molecule has 2 aliphatic heterocycles. The molecule has 0 bridgehead atoms. The highest BCUT2D eigenvalue weighted by molar-refractivity contribution is 7.89. The van der Waals surface area contributed by atoms with Crippen LogP contribution in [0.2, 0.25) is 0 Å². The molecule has 1 unspecified atom stereocenters. The number of piperidine rings is 1. The summed E-state index contributed by atoms with van der Waals surface area (Å²) >= 11 is 0. The second kappa shape index (κ2) is 11.0. The highest BCUT2D eigenvalue weighted by Gasteiger charge is 2.31. The van der Waals surface area contributed by atoms with E-state index in [0.29, 0.717) is 68.0 Å². The second-order valence-corrected chi connectivity index (χ2v) is 11.2. The summed E-state index contributed by atoms with van der Waals surface area (Å²) in [6.07, 6.45) is 1.92. The summed E-state index contributed by atoms with van der Waals surface area (Å²) in [4.78, 5) is 17.3. The first kappa shape index (κ1) is 26.1. The molecule has 0 radical (unpaired) electrons. The van der Waals surface area contributed by atoms with Crippen molar-refractivity contribution in [3.8, 4) is 17.2 Å². The lowest BCUT2D eigenvalue weighted by molar-refractivity contribution is 0.0743. The summed E-state index contributed by atoms with van der Waals surface area (Å²) in [6, 6.07) is 10.2. The van der Waals surface area contributed by atoms with Gasteiger partial charge in [0.2, 0.25) is 10.0 Å². The number of benzene rings is 2. The summed E-state index contributed by atoms with van der Waals surface area (Å²) in [5, 5.41) is 0. The van der Waals surface area contributed by atoms with Gasteiger partial charge < -0.3 is 24.0 Å². The summed E-state index contributed by atoms with van der Waals surface area (Å²) in [6.45, 7) is 5.23. The van der Waals surface area contributed by atoms with Crippen molar-refractivity contribution in [3.05, 3.63) is 42.0 Å². The van der Waals surface area contributed by atoms with Crippen LogP contribution in [0.15, 0.2) is 41.3 Å². The lowest BCUT2D eigenvalue weighted by Gasteiger charge is -2.37. The lowest BCUT2D eigenvalue weighted by atomic mass is 10.0. The average molecular weight is 518 g/mol. The molecular formula is C26H35N3O6S. The van der Waals surface area contributed by atoms with E-state index in [1.165, 1.54) is 7.11 Å². The van der Waals surface area contributed by atoms with Crippen LogP contribution in [0.5, 0.6) is 17.2 Å². The quantitative estimate of drug-likeness (QED) is 0.558. The van der Waals surface area contributed by atoms with Crippen LogP contribution in [0.1, 0.15) is 30.1 Å². The van der Waals surface area contributed by atoms with Crippen molar-refractivity contribution in [2.24, 2.45) is 5.92 Å². The zero-order chi connectivity index (χ0) is 25.9. The largest absolute Gasteiger partial charge is 0.497 e. The minimum atomic E-state index is -3.59. The number of nitrogens with zero attached hydrogens (tertiary/aromatic N) is 3. The molecule has 0 saturated carbocycles. The molecular weight excluding hydrogens is 482 g/mol. The number of piperazine rings is 1. The number of hydrogen-bond donors (Lipinski definition) is 0.